The molecule has 1 fully saturated rings. The fourth-order valence-corrected chi connectivity index (χ4v) is 2.43. The monoisotopic (exact) mass is 355 g/mol. The fourth-order valence-electron chi connectivity index (χ4n) is 2.43. The molecule has 0 amide bonds. The molecule has 102 valence electrons. The molecule has 0 aliphatic heterocycles. The standard InChI is InChI=1S/C12H25N3O.HI/c1-3-16-9-8-12(6-4-5-7-12)10-15-11(13)14-2;/h3-10H2,1-2H3,(H3,13,14,15);1H. The summed E-state index contributed by atoms with van der Waals surface area (Å²) in [7, 11) is 1.71. The molecule has 4 nitrogen and oxygen atoms in total. The molecule has 0 spiro atoms. The molecule has 0 aromatic carbocycles. The number of ether oxygens (including phenoxy) is 1. The average Bonchev–Trinajstić information content (AvgIpc) is 2.76. The number of guanidine groups is 1. The van der Waals surface area contributed by atoms with Gasteiger partial charge in [-0.2, -0.15) is 0 Å². The van der Waals surface area contributed by atoms with Crippen LogP contribution in [0.2, 0.25) is 0 Å². The van der Waals surface area contributed by atoms with Crippen LogP contribution in [0.25, 0.3) is 0 Å². The first-order chi connectivity index (χ1) is 7.72. The number of rotatable bonds is 6. The van der Waals surface area contributed by atoms with E-state index in [0.717, 1.165) is 26.2 Å². The lowest BCUT2D eigenvalue weighted by Gasteiger charge is -2.29. The molecule has 0 bridgehead atoms. The van der Waals surface area contributed by atoms with E-state index < -0.39 is 0 Å². The van der Waals surface area contributed by atoms with E-state index in [4.69, 9.17) is 10.5 Å². The van der Waals surface area contributed by atoms with Gasteiger partial charge in [0.2, 0.25) is 0 Å². The molecule has 1 rings (SSSR count). The molecule has 0 atom stereocenters. The minimum Gasteiger partial charge on any atom is -0.382 e. The average molecular weight is 355 g/mol. The van der Waals surface area contributed by atoms with Crippen molar-refractivity contribution in [2.24, 2.45) is 16.1 Å². The molecule has 17 heavy (non-hydrogen) atoms. The number of hydrogen-bond acceptors (Lipinski definition) is 2. The van der Waals surface area contributed by atoms with Crippen molar-refractivity contribution in [3.05, 3.63) is 0 Å². The quantitative estimate of drug-likeness (QED) is 0.332. The van der Waals surface area contributed by atoms with Crippen molar-refractivity contribution in [2.75, 3.05) is 26.8 Å². The van der Waals surface area contributed by atoms with Gasteiger partial charge >= 0.3 is 0 Å². The Kier molecular flexibility index (Phi) is 8.94. The second-order valence-corrected chi connectivity index (χ2v) is 4.62. The highest BCUT2D eigenvalue weighted by molar-refractivity contribution is 14.0. The predicted molar refractivity (Wildman–Crippen MR) is 83.0 cm³/mol. The van der Waals surface area contributed by atoms with Crippen molar-refractivity contribution in [1.82, 2.24) is 5.32 Å². The van der Waals surface area contributed by atoms with Crippen LogP contribution in [-0.4, -0.2) is 32.8 Å². The number of halogens is 1. The molecule has 0 radical (unpaired) electrons. The van der Waals surface area contributed by atoms with Gasteiger partial charge in [0, 0.05) is 26.8 Å². The van der Waals surface area contributed by atoms with Crippen molar-refractivity contribution in [1.29, 1.82) is 0 Å². The molecule has 0 saturated heterocycles. The molecule has 1 saturated carbocycles. The van der Waals surface area contributed by atoms with Crippen molar-refractivity contribution < 1.29 is 4.74 Å². The topological polar surface area (TPSA) is 59.6 Å². The largest absolute Gasteiger partial charge is 0.382 e. The van der Waals surface area contributed by atoms with Crippen LogP contribution in [0.5, 0.6) is 0 Å². The zero-order chi connectivity index (χ0) is 11.9. The minimum atomic E-state index is 0. The molecule has 5 heteroatoms. The Morgan fingerprint density at radius 2 is 2.06 bits per heavy atom. The third kappa shape index (κ3) is 5.90. The summed E-state index contributed by atoms with van der Waals surface area (Å²) in [5.74, 6) is 0.544. The van der Waals surface area contributed by atoms with Gasteiger partial charge in [0.25, 0.3) is 0 Å². The number of nitrogens with one attached hydrogen (secondary N) is 1. The van der Waals surface area contributed by atoms with E-state index in [2.05, 4.69) is 10.3 Å². The second-order valence-electron chi connectivity index (χ2n) is 4.62. The SMILES string of the molecule is CCOCCC1(CNC(N)=NC)CCCC1.I. The van der Waals surface area contributed by atoms with Gasteiger partial charge in [0.05, 0.1) is 0 Å². The number of nitrogens with zero attached hydrogens (tertiary/aromatic N) is 1. The Labute approximate surface area is 122 Å². The lowest BCUT2D eigenvalue weighted by atomic mass is 9.83. The van der Waals surface area contributed by atoms with Gasteiger partial charge in [0.15, 0.2) is 5.96 Å². The molecule has 0 aromatic rings. The maximum Gasteiger partial charge on any atom is 0.188 e. The molecule has 1 aliphatic rings. The van der Waals surface area contributed by atoms with E-state index in [9.17, 15) is 0 Å². The summed E-state index contributed by atoms with van der Waals surface area (Å²) in [6.07, 6.45) is 6.35. The van der Waals surface area contributed by atoms with E-state index in [-0.39, 0.29) is 24.0 Å². The van der Waals surface area contributed by atoms with Gasteiger partial charge in [-0.05, 0) is 31.6 Å². The highest BCUT2D eigenvalue weighted by Gasteiger charge is 2.33. The zero-order valence-corrected chi connectivity index (χ0v) is 13.3. The second kappa shape index (κ2) is 8.97. The Hall–Kier alpha value is -0.0400. The molecular weight excluding hydrogens is 329 g/mol. The molecule has 0 heterocycles. The predicted octanol–water partition coefficient (Wildman–Crippen LogP) is 2.13. The van der Waals surface area contributed by atoms with Gasteiger partial charge in [-0.3, -0.25) is 4.99 Å². The van der Waals surface area contributed by atoms with Crippen LogP contribution in [-0.2, 0) is 4.74 Å². The van der Waals surface area contributed by atoms with Gasteiger partial charge in [0.1, 0.15) is 0 Å². The highest BCUT2D eigenvalue weighted by atomic mass is 127. The van der Waals surface area contributed by atoms with E-state index in [0.29, 0.717) is 11.4 Å². The minimum absolute atomic E-state index is 0. The van der Waals surface area contributed by atoms with E-state index >= 15 is 0 Å². The van der Waals surface area contributed by atoms with Crippen LogP contribution < -0.4 is 11.1 Å². The molecular formula is C12H26IN3O. The molecule has 3 N–H and O–H groups in total. The first-order valence-corrected chi connectivity index (χ1v) is 6.26. The van der Waals surface area contributed by atoms with Crippen LogP contribution in [0.4, 0.5) is 0 Å². The van der Waals surface area contributed by atoms with Crippen LogP contribution in [0, 0.1) is 5.41 Å². The smallest absolute Gasteiger partial charge is 0.188 e. The first-order valence-electron chi connectivity index (χ1n) is 6.26. The normalized spacial score (nSPS) is 18.8. The summed E-state index contributed by atoms with van der Waals surface area (Å²) in [5, 5.41) is 3.21. The maximum absolute atomic E-state index is 5.67. The Balaban J connectivity index is 0.00000256. The summed E-state index contributed by atoms with van der Waals surface area (Å²) in [6.45, 7) is 4.65. The molecule has 0 unspecified atom stereocenters. The van der Waals surface area contributed by atoms with E-state index in [1.807, 2.05) is 6.92 Å². The van der Waals surface area contributed by atoms with Crippen molar-refractivity contribution in [3.8, 4) is 0 Å². The Morgan fingerprint density at radius 1 is 1.41 bits per heavy atom. The number of aliphatic imine (C=N–C) groups is 1. The maximum atomic E-state index is 5.67. The highest BCUT2D eigenvalue weighted by Crippen LogP contribution is 2.40. The molecule has 0 aromatic heterocycles. The van der Waals surface area contributed by atoms with Crippen LogP contribution in [0.3, 0.4) is 0 Å². The summed E-state index contributed by atoms with van der Waals surface area (Å²) >= 11 is 0. The van der Waals surface area contributed by atoms with Crippen LogP contribution >= 0.6 is 24.0 Å². The van der Waals surface area contributed by atoms with Gasteiger partial charge < -0.3 is 15.8 Å². The third-order valence-electron chi connectivity index (χ3n) is 3.53. The molecule has 1 aliphatic carbocycles. The van der Waals surface area contributed by atoms with Gasteiger partial charge in [-0.15, -0.1) is 24.0 Å². The Bertz CT molecular complexity index is 228. The zero-order valence-electron chi connectivity index (χ0n) is 11.0. The Morgan fingerprint density at radius 3 is 2.59 bits per heavy atom. The lowest BCUT2D eigenvalue weighted by Crippen LogP contribution is -2.40. The number of nitrogens with two attached hydrogens (primary N) is 1. The van der Waals surface area contributed by atoms with Gasteiger partial charge in [-0.1, -0.05) is 12.8 Å². The van der Waals surface area contributed by atoms with Crippen LogP contribution in [0.15, 0.2) is 4.99 Å². The van der Waals surface area contributed by atoms with Crippen molar-refractivity contribution in [2.45, 2.75) is 39.0 Å². The van der Waals surface area contributed by atoms with E-state index in [1.165, 1.54) is 25.7 Å². The van der Waals surface area contributed by atoms with Crippen LogP contribution in [0.1, 0.15) is 39.0 Å². The lowest BCUT2D eigenvalue weighted by molar-refractivity contribution is 0.105. The summed E-state index contributed by atoms with van der Waals surface area (Å²) < 4.78 is 5.46. The van der Waals surface area contributed by atoms with Crippen molar-refractivity contribution >= 4 is 29.9 Å². The van der Waals surface area contributed by atoms with Crippen molar-refractivity contribution in [3.63, 3.8) is 0 Å². The fraction of sp³-hybridized carbons (Fsp3) is 0.917. The number of hydrogen-bond donors (Lipinski definition) is 2. The third-order valence-corrected chi connectivity index (χ3v) is 3.53. The first kappa shape index (κ1) is 17.0. The summed E-state index contributed by atoms with van der Waals surface area (Å²) in [6, 6.07) is 0. The summed E-state index contributed by atoms with van der Waals surface area (Å²) in [5.41, 5.74) is 6.05. The summed E-state index contributed by atoms with van der Waals surface area (Å²) in [4.78, 5) is 3.93. The van der Waals surface area contributed by atoms with Gasteiger partial charge in [-0.25, -0.2) is 0 Å². The van der Waals surface area contributed by atoms with E-state index in [1.54, 1.807) is 7.05 Å².